The van der Waals surface area contributed by atoms with Crippen molar-refractivity contribution in [1.29, 1.82) is 0 Å². The number of carbonyl (C=O) groups is 1. The number of hydrogen-bond acceptors (Lipinski definition) is 9. The Morgan fingerprint density at radius 3 is 2.63 bits per heavy atom. The fourth-order valence-electron chi connectivity index (χ4n) is 4.25. The van der Waals surface area contributed by atoms with Crippen LogP contribution in [0.4, 0.5) is 24.9 Å². The van der Waals surface area contributed by atoms with E-state index in [0.29, 0.717) is 12.0 Å². The molecule has 0 spiro atoms. The number of imidazole rings is 1. The van der Waals surface area contributed by atoms with Gasteiger partial charge < -0.3 is 14.8 Å². The number of carbonyl (C=O) groups excluding carboxylic acids is 1. The molecule has 0 aromatic carbocycles. The number of H-pyrrole nitrogens is 1. The second-order valence-electron chi connectivity index (χ2n) is 8.74. The molecule has 5 rings (SSSR count). The molecular formula is C22H21F3N10O3. The molecule has 1 amide bonds. The van der Waals surface area contributed by atoms with E-state index < -0.39 is 35.4 Å². The Hall–Kier alpha value is -4.63. The van der Waals surface area contributed by atoms with Crippen LogP contribution in [-0.4, -0.2) is 63.7 Å². The summed E-state index contributed by atoms with van der Waals surface area (Å²) in [5.41, 5.74) is -0.782. The SMILES string of the molecule is C[C@@H](C(=O)Nc1ccnc(-c2cnc(N3CCC[C@H]3C(F)(F)F)nc2)n1)n1cnc2[nH]c(=O)n(C)c(=O)c21. The maximum Gasteiger partial charge on any atom is 0.408 e. The number of aromatic amines is 1. The van der Waals surface area contributed by atoms with Gasteiger partial charge in [-0.3, -0.25) is 19.1 Å². The molecule has 16 heteroatoms. The predicted molar refractivity (Wildman–Crippen MR) is 128 cm³/mol. The Balaban J connectivity index is 1.34. The molecule has 0 saturated carbocycles. The van der Waals surface area contributed by atoms with E-state index in [4.69, 9.17) is 0 Å². The number of anilines is 2. The van der Waals surface area contributed by atoms with Gasteiger partial charge in [-0.15, -0.1) is 0 Å². The molecular weight excluding hydrogens is 509 g/mol. The minimum absolute atomic E-state index is 0.0146. The van der Waals surface area contributed by atoms with Gasteiger partial charge in [0.05, 0.1) is 11.9 Å². The van der Waals surface area contributed by atoms with Crippen LogP contribution in [0.15, 0.2) is 40.6 Å². The number of halogens is 3. The van der Waals surface area contributed by atoms with Crippen molar-refractivity contribution in [2.24, 2.45) is 7.05 Å². The van der Waals surface area contributed by atoms with Crippen molar-refractivity contribution in [3.63, 3.8) is 0 Å². The quantitative estimate of drug-likeness (QED) is 0.389. The number of aromatic nitrogens is 8. The van der Waals surface area contributed by atoms with Gasteiger partial charge in [-0.2, -0.15) is 13.2 Å². The Kier molecular flexibility index (Phi) is 6.16. The van der Waals surface area contributed by atoms with Crippen molar-refractivity contribution in [3.05, 3.63) is 51.8 Å². The normalized spacial score (nSPS) is 16.7. The molecule has 2 N–H and O–H groups in total. The first-order valence-electron chi connectivity index (χ1n) is 11.5. The molecule has 1 saturated heterocycles. The van der Waals surface area contributed by atoms with Crippen LogP contribution in [0.25, 0.3) is 22.6 Å². The van der Waals surface area contributed by atoms with E-state index in [-0.39, 0.29) is 41.7 Å². The molecule has 0 bridgehead atoms. The third-order valence-electron chi connectivity index (χ3n) is 6.32. The van der Waals surface area contributed by atoms with Crippen molar-refractivity contribution in [2.75, 3.05) is 16.8 Å². The summed E-state index contributed by atoms with van der Waals surface area (Å²) in [6, 6.07) is -1.08. The first-order chi connectivity index (χ1) is 18.0. The predicted octanol–water partition coefficient (Wildman–Crippen LogP) is 1.40. The lowest BCUT2D eigenvalue weighted by Gasteiger charge is -2.26. The monoisotopic (exact) mass is 530 g/mol. The molecule has 13 nitrogen and oxygen atoms in total. The van der Waals surface area contributed by atoms with Gasteiger partial charge in [0, 0.05) is 32.2 Å². The largest absolute Gasteiger partial charge is 0.408 e. The molecule has 38 heavy (non-hydrogen) atoms. The third kappa shape index (κ3) is 4.48. The molecule has 4 aromatic heterocycles. The highest BCUT2D eigenvalue weighted by Gasteiger charge is 2.46. The van der Waals surface area contributed by atoms with Crippen LogP contribution in [-0.2, 0) is 11.8 Å². The van der Waals surface area contributed by atoms with Gasteiger partial charge >= 0.3 is 11.9 Å². The van der Waals surface area contributed by atoms with Gasteiger partial charge in [0.1, 0.15) is 17.9 Å². The molecule has 198 valence electrons. The summed E-state index contributed by atoms with van der Waals surface area (Å²) in [5.74, 6) is -0.276. The van der Waals surface area contributed by atoms with Crippen LogP contribution < -0.4 is 21.5 Å². The lowest BCUT2D eigenvalue weighted by atomic mass is 10.2. The van der Waals surface area contributed by atoms with Crippen LogP contribution >= 0.6 is 0 Å². The Morgan fingerprint density at radius 1 is 1.18 bits per heavy atom. The van der Waals surface area contributed by atoms with Gasteiger partial charge in [0.25, 0.3) is 5.56 Å². The average molecular weight is 530 g/mol. The summed E-state index contributed by atoms with van der Waals surface area (Å²) in [7, 11) is 1.31. The standard InChI is InChI=1S/C22H21F3N10O3/c1-11(35-10-29-17-15(35)19(37)33(2)21(38)32-17)18(36)31-14-5-6-26-16(30-14)12-8-27-20(28-9-12)34-7-3-4-13(34)22(23,24)25/h5-6,8-11,13H,3-4,7H2,1-2H3,(H,32,38)(H,26,30,31,36)/t11-,13-/m0/s1. The van der Waals surface area contributed by atoms with Gasteiger partial charge in [-0.25, -0.2) is 29.7 Å². The molecule has 1 aliphatic rings. The van der Waals surface area contributed by atoms with Crippen molar-refractivity contribution in [3.8, 4) is 11.4 Å². The first-order valence-corrected chi connectivity index (χ1v) is 11.5. The fourth-order valence-corrected chi connectivity index (χ4v) is 4.25. The minimum atomic E-state index is -4.38. The topological polar surface area (TPSA) is 157 Å². The maximum atomic E-state index is 13.3. The zero-order chi connectivity index (χ0) is 27.2. The summed E-state index contributed by atoms with van der Waals surface area (Å²) in [5, 5.41) is 2.64. The second kappa shape index (κ2) is 9.35. The number of rotatable bonds is 5. The first kappa shape index (κ1) is 25.0. The molecule has 1 aliphatic heterocycles. The smallest absolute Gasteiger partial charge is 0.329 e. The summed E-state index contributed by atoms with van der Waals surface area (Å²) in [6.07, 6.45) is 1.32. The van der Waals surface area contributed by atoms with E-state index in [1.807, 2.05) is 0 Å². The van der Waals surface area contributed by atoms with Crippen molar-refractivity contribution >= 4 is 28.8 Å². The molecule has 0 aliphatic carbocycles. The molecule has 4 aromatic rings. The Labute approximate surface area is 211 Å². The second-order valence-corrected chi connectivity index (χ2v) is 8.74. The van der Waals surface area contributed by atoms with Crippen LogP contribution in [0.5, 0.6) is 0 Å². The van der Waals surface area contributed by atoms with E-state index in [9.17, 15) is 27.6 Å². The number of amides is 1. The zero-order valence-corrected chi connectivity index (χ0v) is 20.1. The number of nitrogens with zero attached hydrogens (tertiary/aromatic N) is 8. The summed E-state index contributed by atoms with van der Waals surface area (Å²) in [4.78, 5) is 61.5. The molecule has 0 radical (unpaired) electrons. The van der Waals surface area contributed by atoms with Crippen molar-refractivity contribution in [2.45, 2.75) is 38.0 Å². The van der Waals surface area contributed by atoms with Crippen LogP contribution in [0.1, 0.15) is 25.8 Å². The summed E-state index contributed by atoms with van der Waals surface area (Å²) in [6.45, 7) is 1.75. The molecule has 0 unspecified atom stereocenters. The fraction of sp³-hybridized carbons (Fsp3) is 0.364. The van der Waals surface area contributed by atoms with Crippen molar-refractivity contribution < 1.29 is 18.0 Å². The zero-order valence-electron chi connectivity index (χ0n) is 20.1. The highest BCUT2D eigenvalue weighted by atomic mass is 19.4. The summed E-state index contributed by atoms with van der Waals surface area (Å²) >= 11 is 0. The van der Waals surface area contributed by atoms with E-state index in [1.54, 1.807) is 6.92 Å². The Morgan fingerprint density at radius 2 is 1.92 bits per heavy atom. The average Bonchev–Trinajstić information content (AvgIpc) is 3.55. The Bertz CT molecular complexity index is 1630. The number of fused-ring (bicyclic) bond motifs is 1. The van der Waals surface area contributed by atoms with Crippen molar-refractivity contribution in [1.82, 2.24) is 39.0 Å². The highest BCUT2D eigenvalue weighted by molar-refractivity contribution is 5.93. The van der Waals surface area contributed by atoms with Gasteiger partial charge in [0.15, 0.2) is 17.0 Å². The van der Waals surface area contributed by atoms with Gasteiger partial charge in [-0.1, -0.05) is 0 Å². The van der Waals surface area contributed by atoms with E-state index in [1.165, 1.54) is 42.6 Å². The van der Waals surface area contributed by atoms with E-state index >= 15 is 0 Å². The molecule has 1 fully saturated rings. The highest BCUT2D eigenvalue weighted by Crippen LogP contribution is 2.34. The van der Waals surface area contributed by atoms with Crippen LogP contribution in [0.3, 0.4) is 0 Å². The lowest BCUT2D eigenvalue weighted by molar-refractivity contribution is -0.146. The minimum Gasteiger partial charge on any atom is -0.329 e. The maximum absolute atomic E-state index is 13.3. The van der Waals surface area contributed by atoms with E-state index in [2.05, 4.69) is 35.2 Å². The number of nitrogens with one attached hydrogen (secondary N) is 2. The third-order valence-corrected chi connectivity index (χ3v) is 6.32. The van der Waals surface area contributed by atoms with Gasteiger partial charge in [0.2, 0.25) is 11.9 Å². The van der Waals surface area contributed by atoms with Crippen LogP contribution in [0, 0.1) is 0 Å². The molecule has 2 atom stereocenters. The number of hydrogen-bond donors (Lipinski definition) is 2. The van der Waals surface area contributed by atoms with E-state index in [0.717, 1.165) is 9.47 Å². The summed E-state index contributed by atoms with van der Waals surface area (Å²) < 4.78 is 42.1. The lowest BCUT2D eigenvalue weighted by Crippen LogP contribution is -2.42. The van der Waals surface area contributed by atoms with Gasteiger partial charge in [-0.05, 0) is 25.8 Å². The number of alkyl halides is 3. The molecule has 5 heterocycles. The van der Waals surface area contributed by atoms with Crippen LogP contribution in [0.2, 0.25) is 0 Å².